The molecule has 0 aliphatic heterocycles. The fourth-order valence-electron chi connectivity index (χ4n) is 2.54. The summed E-state index contributed by atoms with van der Waals surface area (Å²) >= 11 is 5.91. The molecule has 21 heavy (non-hydrogen) atoms. The first-order valence-corrected chi connectivity index (χ1v) is 7.72. The molecule has 1 atom stereocenters. The summed E-state index contributed by atoms with van der Waals surface area (Å²) in [6.07, 6.45) is 1.77. The number of halogens is 1. The molecule has 0 aliphatic carbocycles. The minimum Gasteiger partial charge on any atom is -0.325 e. The largest absolute Gasteiger partial charge is 0.325 e. The summed E-state index contributed by atoms with van der Waals surface area (Å²) in [5.74, 6) is 1.55. The van der Waals surface area contributed by atoms with Gasteiger partial charge in [-0.1, -0.05) is 0 Å². The molecule has 0 saturated carbocycles. The molecule has 2 aromatic rings. The van der Waals surface area contributed by atoms with E-state index < -0.39 is 0 Å². The van der Waals surface area contributed by atoms with Crippen molar-refractivity contribution in [3.05, 3.63) is 29.6 Å². The predicted molar refractivity (Wildman–Crippen MR) is 86.8 cm³/mol. The van der Waals surface area contributed by atoms with E-state index in [2.05, 4.69) is 41.5 Å². The van der Waals surface area contributed by atoms with Crippen LogP contribution in [0.25, 0.3) is 11.0 Å². The maximum absolute atomic E-state index is 9.11. The van der Waals surface area contributed by atoms with Crippen LogP contribution in [0, 0.1) is 11.3 Å². The van der Waals surface area contributed by atoms with Crippen LogP contribution in [0.15, 0.2) is 18.2 Å². The van der Waals surface area contributed by atoms with Crippen molar-refractivity contribution < 1.29 is 0 Å². The second kappa shape index (κ2) is 6.93. The molecule has 4 nitrogen and oxygen atoms in total. The summed E-state index contributed by atoms with van der Waals surface area (Å²) in [6, 6.07) is 8.18. The van der Waals surface area contributed by atoms with Crippen LogP contribution >= 0.6 is 11.6 Å². The van der Waals surface area contributed by atoms with Crippen molar-refractivity contribution in [1.82, 2.24) is 14.5 Å². The van der Waals surface area contributed by atoms with Gasteiger partial charge in [0.05, 0.1) is 22.7 Å². The molecule has 1 unspecified atom stereocenters. The molecule has 1 heterocycles. The number of rotatable bonds is 6. The zero-order valence-corrected chi connectivity index (χ0v) is 13.6. The number of nitrogens with zero attached hydrogens (tertiary/aromatic N) is 4. The molecule has 0 spiro atoms. The number of aryl methyl sites for hydroxylation is 1. The van der Waals surface area contributed by atoms with E-state index in [1.54, 1.807) is 0 Å². The Morgan fingerprint density at radius 1 is 1.43 bits per heavy atom. The van der Waals surface area contributed by atoms with Crippen LogP contribution in [-0.2, 0) is 6.42 Å². The van der Waals surface area contributed by atoms with Gasteiger partial charge in [0.1, 0.15) is 5.82 Å². The van der Waals surface area contributed by atoms with Gasteiger partial charge in [-0.3, -0.25) is 0 Å². The first-order chi connectivity index (χ1) is 10.1. The Morgan fingerprint density at radius 2 is 2.19 bits per heavy atom. The van der Waals surface area contributed by atoms with E-state index in [-0.39, 0.29) is 0 Å². The summed E-state index contributed by atoms with van der Waals surface area (Å²) in [6.45, 7) is 3.21. The molecule has 0 fully saturated rings. The van der Waals surface area contributed by atoms with Gasteiger partial charge in [0.25, 0.3) is 0 Å². The van der Waals surface area contributed by atoms with Crippen LogP contribution in [0.2, 0.25) is 0 Å². The maximum Gasteiger partial charge on any atom is 0.111 e. The van der Waals surface area contributed by atoms with E-state index in [1.807, 2.05) is 18.2 Å². The second-order valence-corrected chi connectivity index (χ2v) is 5.97. The van der Waals surface area contributed by atoms with Crippen LogP contribution in [0.1, 0.15) is 30.8 Å². The van der Waals surface area contributed by atoms with E-state index in [1.165, 1.54) is 0 Å². The Balaban J connectivity index is 2.46. The average molecular weight is 305 g/mol. The average Bonchev–Trinajstić information content (AvgIpc) is 2.82. The Labute approximate surface area is 130 Å². The Hall–Kier alpha value is -1.57. The van der Waals surface area contributed by atoms with Gasteiger partial charge in [-0.25, -0.2) is 4.98 Å². The number of imidazole rings is 1. The SMILES string of the molecule is CC(CCN(C)C)n1c(CCCl)nc2ccc(C#N)cc21. The molecule has 0 bridgehead atoms. The van der Waals surface area contributed by atoms with Crippen LogP contribution < -0.4 is 0 Å². The number of hydrogen-bond acceptors (Lipinski definition) is 3. The van der Waals surface area contributed by atoms with Crippen molar-refractivity contribution in [2.75, 3.05) is 26.5 Å². The van der Waals surface area contributed by atoms with Crippen LogP contribution in [0.3, 0.4) is 0 Å². The number of hydrogen-bond donors (Lipinski definition) is 0. The fourth-order valence-corrected chi connectivity index (χ4v) is 2.71. The van der Waals surface area contributed by atoms with Crippen molar-refractivity contribution in [3.8, 4) is 6.07 Å². The van der Waals surface area contributed by atoms with Gasteiger partial charge < -0.3 is 9.47 Å². The summed E-state index contributed by atoms with van der Waals surface area (Å²) in [5, 5.41) is 9.11. The first-order valence-electron chi connectivity index (χ1n) is 7.18. The minimum atomic E-state index is 0.324. The van der Waals surface area contributed by atoms with Gasteiger partial charge in [0.15, 0.2) is 0 Å². The van der Waals surface area contributed by atoms with Crippen molar-refractivity contribution in [1.29, 1.82) is 5.26 Å². The third kappa shape index (κ3) is 3.55. The summed E-state index contributed by atoms with van der Waals surface area (Å²) in [7, 11) is 4.15. The van der Waals surface area contributed by atoms with Crippen LogP contribution in [0.5, 0.6) is 0 Å². The Morgan fingerprint density at radius 3 is 2.81 bits per heavy atom. The highest BCUT2D eigenvalue weighted by Gasteiger charge is 2.16. The van der Waals surface area contributed by atoms with Gasteiger partial charge in [-0.05, 0) is 52.2 Å². The smallest absolute Gasteiger partial charge is 0.111 e. The van der Waals surface area contributed by atoms with Crippen LogP contribution in [0.4, 0.5) is 0 Å². The first kappa shape index (κ1) is 15.8. The zero-order valence-electron chi connectivity index (χ0n) is 12.8. The summed E-state index contributed by atoms with van der Waals surface area (Å²) < 4.78 is 2.24. The predicted octanol–water partition coefficient (Wildman–Crippen LogP) is 3.20. The van der Waals surface area contributed by atoms with E-state index >= 15 is 0 Å². The lowest BCUT2D eigenvalue weighted by molar-refractivity contribution is 0.357. The molecule has 0 N–H and O–H groups in total. The molecule has 5 heteroatoms. The Bertz CT molecular complexity index is 654. The summed E-state index contributed by atoms with van der Waals surface area (Å²) in [4.78, 5) is 6.86. The minimum absolute atomic E-state index is 0.324. The van der Waals surface area contributed by atoms with Crippen molar-refractivity contribution >= 4 is 22.6 Å². The fraction of sp³-hybridized carbons (Fsp3) is 0.500. The molecule has 0 aliphatic rings. The van der Waals surface area contributed by atoms with E-state index in [0.29, 0.717) is 17.5 Å². The summed E-state index contributed by atoms with van der Waals surface area (Å²) in [5.41, 5.74) is 2.63. The molecule has 0 amide bonds. The van der Waals surface area contributed by atoms with Gasteiger partial charge in [0, 0.05) is 18.3 Å². The van der Waals surface area contributed by atoms with Crippen molar-refractivity contribution in [2.45, 2.75) is 25.8 Å². The molecule has 112 valence electrons. The van der Waals surface area contributed by atoms with E-state index in [0.717, 1.165) is 36.2 Å². The molecule has 0 radical (unpaired) electrons. The second-order valence-electron chi connectivity index (χ2n) is 5.59. The molecule has 1 aromatic carbocycles. The quantitative estimate of drug-likeness (QED) is 0.770. The van der Waals surface area contributed by atoms with Gasteiger partial charge in [-0.15, -0.1) is 11.6 Å². The monoisotopic (exact) mass is 304 g/mol. The molecular formula is C16H21ClN4. The Kier molecular flexibility index (Phi) is 5.22. The number of nitriles is 1. The lowest BCUT2D eigenvalue weighted by atomic mass is 10.2. The normalized spacial score (nSPS) is 12.8. The number of alkyl halides is 1. The van der Waals surface area contributed by atoms with E-state index in [4.69, 9.17) is 16.9 Å². The van der Waals surface area contributed by atoms with Gasteiger partial charge in [0.2, 0.25) is 0 Å². The standard InChI is InChI=1S/C16H21ClN4/c1-12(7-9-20(2)3)21-15-10-13(11-18)4-5-14(15)19-16(21)6-8-17/h4-5,10,12H,6-9H2,1-3H3. The number of aromatic nitrogens is 2. The topological polar surface area (TPSA) is 44.9 Å². The molecule has 2 rings (SSSR count). The van der Waals surface area contributed by atoms with E-state index in [9.17, 15) is 0 Å². The maximum atomic E-state index is 9.11. The van der Waals surface area contributed by atoms with Crippen LogP contribution in [-0.4, -0.2) is 41.0 Å². The zero-order chi connectivity index (χ0) is 15.4. The lowest BCUT2D eigenvalue weighted by Crippen LogP contribution is -2.18. The highest BCUT2D eigenvalue weighted by atomic mass is 35.5. The third-order valence-corrected chi connectivity index (χ3v) is 3.83. The number of fused-ring (bicyclic) bond motifs is 1. The van der Waals surface area contributed by atoms with Gasteiger partial charge in [-0.2, -0.15) is 5.26 Å². The molecule has 0 saturated heterocycles. The lowest BCUT2D eigenvalue weighted by Gasteiger charge is -2.19. The highest BCUT2D eigenvalue weighted by Crippen LogP contribution is 2.25. The van der Waals surface area contributed by atoms with Gasteiger partial charge >= 0.3 is 0 Å². The van der Waals surface area contributed by atoms with Crippen molar-refractivity contribution in [3.63, 3.8) is 0 Å². The molecular weight excluding hydrogens is 284 g/mol. The highest BCUT2D eigenvalue weighted by molar-refractivity contribution is 6.17. The van der Waals surface area contributed by atoms with Crippen molar-refractivity contribution in [2.24, 2.45) is 0 Å². The third-order valence-electron chi connectivity index (χ3n) is 3.64. The number of benzene rings is 1. The molecule has 1 aromatic heterocycles.